The molecule has 0 heterocycles. The van der Waals surface area contributed by atoms with Crippen molar-refractivity contribution in [1.29, 1.82) is 0 Å². The van der Waals surface area contributed by atoms with E-state index in [0.717, 1.165) is 24.3 Å². The summed E-state index contributed by atoms with van der Waals surface area (Å²) in [4.78, 5) is 34.7. The van der Waals surface area contributed by atoms with Crippen LogP contribution in [0.25, 0.3) is 0 Å². The molecule has 0 radical (unpaired) electrons. The van der Waals surface area contributed by atoms with Crippen molar-refractivity contribution < 1.29 is 32.3 Å². The van der Waals surface area contributed by atoms with Crippen LogP contribution in [0.3, 0.4) is 0 Å². The van der Waals surface area contributed by atoms with Gasteiger partial charge in [-0.05, 0) is 42.5 Å². The minimum Gasteiger partial charge on any atom is -0.452 e. The number of hydrogen-bond acceptors (Lipinski definition) is 4. The minimum absolute atomic E-state index is 0.128. The van der Waals surface area contributed by atoms with Crippen LogP contribution in [0.15, 0.2) is 48.5 Å². The van der Waals surface area contributed by atoms with Crippen molar-refractivity contribution in [2.45, 2.75) is 13.1 Å². The van der Waals surface area contributed by atoms with Crippen LogP contribution in [0, 0.1) is 0 Å². The lowest BCUT2D eigenvalue weighted by atomic mass is 10.2. The van der Waals surface area contributed by atoms with Crippen LogP contribution in [0.1, 0.15) is 22.8 Å². The van der Waals surface area contributed by atoms with Gasteiger partial charge in [0.2, 0.25) is 5.91 Å². The summed E-state index contributed by atoms with van der Waals surface area (Å²) in [5.74, 6) is -1.80. The molecule has 2 N–H and O–H groups in total. The third-order valence-electron chi connectivity index (χ3n) is 3.25. The summed E-state index contributed by atoms with van der Waals surface area (Å²) < 4.78 is 42.3. The summed E-state index contributed by atoms with van der Waals surface area (Å²) in [5.41, 5.74) is -0.183. The molecule has 0 aromatic heterocycles. The van der Waals surface area contributed by atoms with Gasteiger partial charge in [0.15, 0.2) is 6.61 Å². The van der Waals surface area contributed by atoms with E-state index in [2.05, 4.69) is 10.6 Å². The van der Waals surface area contributed by atoms with Gasteiger partial charge < -0.3 is 15.4 Å². The second-order valence-corrected chi connectivity index (χ2v) is 5.46. The Balaban J connectivity index is 1.90. The zero-order valence-electron chi connectivity index (χ0n) is 14.1. The number of esters is 1. The lowest BCUT2D eigenvalue weighted by Crippen LogP contribution is -2.21. The molecule has 142 valence electrons. The van der Waals surface area contributed by atoms with Gasteiger partial charge in [-0.15, -0.1) is 0 Å². The minimum atomic E-state index is -4.47. The Morgan fingerprint density at radius 1 is 0.963 bits per heavy atom. The fourth-order valence-electron chi connectivity index (χ4n) is 2.08. The quantitative estimate of drug-likeness (QED) is 0.778. The zero-order chi connectivity index (χ0) is 20.0. The summed E-state index contributed by atoms with van der Waals surface area (Å²) >= 11 is 0. The van der Waals surface area contributed by atoms with Gasteiger partial charge in [0, 0.05) is 18.3 Å². The van der Waals surface area contributed by atoms with Crippen molar-refractivity contribution >= 4 is 29.2 Å². The number of carbonyl (C=O) groups is 3. The van der Waals surface area contributed by atoms with Crippen molar-refractivity contribution in [3.63, 3.8) is 0 Å². The first kappa shape index (κ1) is 20.0. The average molecular weight is 380 g/mol. The number of rotatable bonds is 5. The number of hydrogen-bond donors (Lipinski definition) is 2. The zero-order valence-corrected chi connectivity index (χ0v) is 14.1. The molecule has 0 spiro atoms. The third kappa shape index (κ3) is 6.14. The SMILES string of the molecule is CC(=O)Nc1cccc(C(=O)OCC(=O)Nc2ccc(C(F)(F)F)cc2)c1. The predicted octanol–water partition coefficient (Wildman–Crippen LogP) is 3.46. The van der Waals surface area contributed by atoms with Gasteiger partial charge in [0.1, 0.15) is 0 Å². The van der Waals surface area contributed by atoms with Crippen LogP contribution in [0.2, 0.25) is 0 Å². The van der Waals surface area contributed by atoms with Gasteiger partial charge >= 0.3 is 12.1 Å². The van der Waals surface area contributed by atoms with Crippen LogP contribution in [-0.2, 0) is 20.5 Å². The highest BCUT2D eigenvalue weighted by molar-refractivity contribution is 5.96. The first-order valence-corrected chi connectivity index (χ1v) is 7.67. The number of carbonyl (C=O) groups excluding carboxylic acids is 3. The summed E-state index contributed by atoms with van der Waals surface area (Å²) in [6.07, 6.45) is -4.47. The number of anilines is 2. The number of amides is 2. The van der Waals surface area contributed by atoms with Crippen LogP contribution in [-0.4, -0.2) is 24.4 Å². The fourth-order valence-corrected chi connectivity index (χ4v) is 2.08. The topological polar surface area (TPSA) is 84.5 Å². The van der Waals surface area contributed by atoms with E-state index in [0.29, 0.717) is 5.69 Å². The molecule has 0 fully saturated rings. The molecule has 0 aliphatic rings. The maximum Gasteiger partial charge on any atom is 0.416 e. The molecule has 6 nitrogen and oxygen atoms in total. The Morgan fingerprint density at radius 2 is 1.63 bits per heavy atom. The molecule has 0 bridgehead atoms. The van der Waals surface area contributed by atoms with Gasteiger partial charge in [0.25, 0.3) is 5.91 Å². The number of ether oxygens (including phenoxy) is 1. The second-order valence-electron chi connectivity index (χ2n) is 5.46. The molecule has 0 saturated carbocycles. The second kappa shape index (κ2) is 8.35. The first-order chi connectivity index (χ1) is 12.6. The molecule has 0 aliphatic carbocycles. The molecule has 0 aliphatic heterocycles. The van der Waals surface area contributed by atoms with Crippen LogP contribution in [0.4, 0.5) is 24.5 Å². The summed E-state index contributed by atoms with van der Waals surface area (Å²) in [6, 6.07) is 9.79. The molecular formula is C18H15F3N2O4. The molecule has 0 unspecified atom stereocenters. The number of benzene rings is 2. The monoisotopic (exact) mass is 380 g/mol. The molecular weight excluding hydrogens is 365 g/mol. The van der Waals surface area contributed by atoms with E-state index in [-0.39, 0.29) is 17.2 Å². The highest BCUT2D eigenvalue weighted by Crippen LogP contribution is 2.29. The lowest BCUT2D eigenvalue weighted by Gasteiger charge is -2.09. The van der Waals surface area contributed by atoms with Crippen LogP contribution in [0.5, 0.6) is 0 Å². The largest absolute Gasteiger partial charge is 0.452 e. The standard InChI is InChI=1S/C18H15F3N2O4/c1-11(24)22-15-4-2-3-12(9-15)17(26)27-10-16(25)23-14-7-5-13(6-8-14)18(19,20)21/h2-9H,10H2,1H3,(H,22,24)(H,23,25). The van der Waals surface area contributed by atoms with E-state index in [1.165, 1.54) is 25.1 Å². The summed E-state index contributed by atoms with van der Waals surface area (Å²) in [6.45, 7) is 0.695. The van der Waals surface area contributed by atoms with Crippen molar-refractivity contribution in [3.8, 4) is 0 Å². The number of nitrogens with one attached hydrogen (secondary N) is 2. The Kier molecular flexibility index (Phi) is 6.17. The van der Waals surface area contributed by atoms with Gasteiger partial charge in [-0.25, -0.2) is 4.79 Å². The Morgan fingerprint density at radius 3 is 2.22 bits per heavy atom. The van der Waals surface area contributed by atoms with E-state index in [1.54, 1.807) is 6.07 Å². The number of alkyl halides is 3. The lowest BCUT2D eigenvalue weighted by molar-refractivity contribution is -0.137. The molecule has 2 rings (SSSR count). The molecule has 2 amide bonds. The maximum absolute atomic E-state index is 12.5. The van der Waals surface area contributed by atoms with Crippen LogP contribution < -0.4 is 10.6 Å². The average Bonchev–Trinajstić information content (AvgIpc) is 2.59. The van der Waals surface area contributed by atoms with E-state index >= 15 is 0 Å². The molecule has 0 atom stereocenters. The van der Waals surface area contributed by atoms with E-state index < -0.39 is 30.2 Å². The summed E-state index contributed by atoms with van der Waals surface area (Å²) in [7, 11) is 0. The first-order valence-electron chi connectivity index (χ1n) is 7.67. The Bertz CT molecular complexity index is 848. The highest BCUT2D eigenvalue weighted by Gasteiger charge is 2.30. The van der Waals surface area contributed by atoms with Gasteiger partial charge in [0.05, 0.1) is 11.1 Å². The molecule has 2 aromatic rings. The van der Waals surface area contributed by atoms with Crippen LogP contribution >= 0.6 is 0 Å². The van der Waals surface area contributed by atoms with Gasteiger partial charge in [-0.1, -0.05) is 6.07 Å². The van der Waals surface area contributed by atoms with Crippen molar-refractivity contribution in [2.24, 2.45) is 0 Å². The van der Waals surface area contributed by atoms with Gasteiger partial charge in [-0.2, -0.15) is 13.2 Å². The molecule has 2 aromatic carbocycles. The highest BCUT2D eigenvalue weighted by atomic mass is 19.4. The summed E-state index contributed by atoms with van der Waals surface area (Å²) in [5, 5.41) is 4.83. The Labute approximate surface area is 152 Å². The Hall–Kier alpha value is -3.36. The predicted molar refractivity (Wildman–Crippen MR) is 91.1 cm³/mol. The van der Waals surface area contributed by atoms with Gasteiger partial charge in [-0.3, -0.25) is 9.59 Å². The van der Waals surface area contributed by atoms with E-state index in [4.69, 9.17) is 4.74 Å². The molecule has 0 saturated heterocycles. The molecule has 9 heteroatoms. The van der Waals surface area contributed by atoms with Crippen molar-refractivity contribution in [3.05, 3.63) is 59.7 Å². The van der Waals surface area contributed by atoms with Crippen molar-refractivity contribution in [2.75, 3.05) is 17.2 Å². The van der Waals surface area contributed by atoms with Crippen molar-refractivity contribution in [1.82, 2.24) is 0 Å². The smallest absolute Gasteiger partial charge is 0.416 e. The normalized spacial score (nSPS) is 10.8. The third-order valence-corrected chi connectivity index (χ3v) is 3.25. The fraction of sp³-hybridized carbons (Fsp3) is 0.167. The van der Waals surface area contributed by atoms with E-state index in [1.807, 2.05) is 0 Å². The maximum atomic E-state index is 12.5. The molecule has 27 heavy (non-hydrogen) atoms. The number of halogens is 3. The van der Waals surface area contributed by atoms with E-state index in [9.17, 15) is 27.6 Å².